The fourth-order valence-corrected chi connectivity index (χ4v) is 10.1. The zero-order valence-electron chi connectivity index (χ0n) is 23.8. The van der Waals surface area contributed by atoms with Crippen molar-refractivity contribution in [3.8, 4) is 0 Å². The van der Waals surface area contributed by atoms with Gasteiger partial charge in [-0.25, -0.2) is 0 Å². The lowest BCUT2D eigenvalue weighted by molar-refractivity contribution is 0.433. The molecule has 0 heterocycles. The number of hydrogen-bond donors (Lipinski definition) is 1. The maximum Gasteiger partial charge on any atom is 0.00151 e. The van der Waals surface area contributed by atoms with Gasteiger partial charge in [0.1, 0.15) is 0 Å². The Balaban J connectivity index is 1.95. The van der Waals surface area contributed by atoms with E-state index in [0.29, 0.717) is 40.9 Å². The van der Waals surface area contributed by atoms with E-state index in [1.54, 1.807) is 0 Å². The zero-order valence-corrected chi connectivity index (χ0v) is 24.7. The molecule has 4 rings (SSSR count). The molecular weight excluding hydrogens is 441 g/mol. The molecule has 1 N–H and O–H groups in total. The van der Waals surface area contributed by atoms with Crippen molar-refractivity contribution in [1.82, 2.24) is 0 Å². The Labute approximate surface area is 215 Å². The number of hydrogen-bond acceptors (Lipinski definition) is 1. The van der Waals surface area contributed by atoms with Gasteiger partial charge in [-0.2, -0.15) is 0 Å². The molecule has 1 aromatic carbocycles. The van der Waals surface area contributed by atoms with Gasteiger partial charge in [0.05, 0.1) is 0 Å². The normalized spacial score (nSPS) is 28.7. The first kappa shape index (κ1) is 26.5. The number of allylic oxidation sites excluding steroid dienone is 8. The Morgan fingerprint density at radius 2 is 1.11 bits per heavy atom. The van der Waals surface area contributed by atoms with Crippen molar-refractivity contribution < 1.29 is 0 Å². The summed E-state index contributed by atoms with van der Waals surface area (Å²) in [7, 11) is -2.07. The molecule has 1 saturated carbocycles. The second kappa shape index (κ2) is 9.06. The van der Waals surface area contributed by atoms with Crippen LogP contribution in [0.5, 0.6) is 0 Å². The maximum absolute atomic E-state index is 9.87. The molecule has 4 atom stereocenters. The van der Waals surface area contributed by atoms with Gasteiger partial charge in [0.25, 0.3) is 0 Å². The SMILES string of the molecule is CC(C)P(=N)(c1ccccc1C1C2C=C(C(C)(C)C)C=CC2C2C=CC(C(C)(C)C)=CC21)C(C)C. The van der Waals surface area contributed by atoms with Crippen molar-refractivity contribution in [2.45, 2.75) is 86.5 Å². The van der Waals surface area contributed by atoms with E-state index in [0.717, 1.165) is 0 Å². The van der Waals surface area contributed by atoms with Crippen LogP contribution in [0.2, 0.25) is 0 Å². The van der Waals surface area contributed by atoms with Crippen LogP contribution in [0.1, 0.15) is 80.7 Å². The summed E-state index contributed by atoms with van der Waals surface area (Å²) in [6, 6.07) is 9.12. The van der Waals surface area contributed by atoms with E-state index in [4.69, 9.17) is 0 Å². The molecule has 0 bridgehead atoms. The predicted molar refractivity (Wildman–Crippen MR) is 156 cm³/mol. The number of rotatable bonds is 4. The number of nitrogens with one attached hydrogen (secondary N) is 1. The standard InChI is InChI=1S/C33H48NP/c1-21(2)35(34,22(3)4)30-14-12-11-13-27(30)31-28-19-23(32(5,6)7)15-17-25(28)26-18-16-24(20-29(26)31)33(8,9)10/h11-22,25-26,28-29,31,34H,1-10H3. The third-order valence-electron chi connectivity index (χ3n) is 8.96. The first-order valence-corrected chi connectivity index (χ1v) is 15.6. The van der Waals surface area contributed by atoms with Crippen molar-refractivity contribution >= 4 is 12.4 Å². The van der Waals surface area contributed by atoms with Crippen LogP contribution in [-0.2, 0) is 0 Å². The summed E-state index contributed by atoms with van der Waals surface area (Å²) >= 11 is 0. The molecule has 0 saturated heterocycles. The van der Waals surface area contributed by atoms with Crippen molar-refractivity contribution in [3.63, 3.8) is 0 Å². The largest absolute Gasteiger partial charge is 0.313 e. The van der Waals surface area contributed by atoms with E-state index in [1.807, 2.05) is 0 Å². The fraction of sp³-hybridized carbons (Fsp3) is 0.576. The lowest BCUT2D eigenvalue weighted by atomic mass is 9.74. The van der Waals surface area contributed by atoms with Gasteiger partial charge in [-0.05, 0) is 73.8 Å². The van der Waals surface area contributed by atoms with Gasteiger partial charge in [0.15, 0.2) is 0 Å². The van der Waals surface area contributed by atoms with Gasteiger partial charge in [0.2, 0.25) is 0 Å². The lowest BCUT2D eigenvalue weighted by Crippen LogP contribution is -2.28. The molecule has 35 heavy (non-hydrogen) atoms. The molecule has 1 aromatic rings. The lowest BCUT2D eigenvalue weighted by Gasteiger charge is -2.37. The minimum absolute atomic E-state index is 0.142. The molecular formula is C33H48NP. The third-order valence-corrected chi connectivity index (χ3v) is 13.4. The minimum Gasteiger partial charge on any atom is -0.313 e. The first-order chi connectivity index (χ1) is 16.2. The van der Waals surface area contributed by atoms with Gasteiger partial charge in [-0.3, -0.25) is 0 Å². The van der Waals surface area contributed by atoms with Crippen LogP contribution < -0.4 is 5.30 Å². The second-order valence-electron chi connectivity index (χ2n) is 13.8. The molecule has 1 nitrogen and oxygen atoms in total. The van der Waals surface area contributed by atoms with Crippen LogP contribution >= 0.6 is 7.05 Å². The Hall–Kier alpha value is -1.59. The fourth-order valence-electron chi connectivity index (χ4n) is 6.82. The molecule has 3 aliphatic rings. The smallest absolute Gasteiger partial charge is 0.00151 e. The monoisotopic (exact) mass is 489 g/mol. The van der Waals surface area contributed by atoms with Crippen LogP contribution in [0.15, 0.2) is 71.9 Å². The second-order valence-corrected chi connectivity index (χ2v) is 17.9. The average molecular weight is 490 g/mol. The highest BCUT2D eigenvalue weighted by molar-refractivity contribution is 7.74. The van der Waals surface area contributed by atoms with Crippen LogP contribution in [0.3, 0.4) is 0 Å². The van der Waals surface area contributed by atoms with Gasteiger partial charge in [-0.1, -0.05) is 130 Å². The summed E-state index contributed by atoms with van der Waals surface area (Å²) in [4.78, 5) is 0. The molecule has 2 heteroatoms. The molecule has 190 valence electrons. The molecule has 3 aliphatic carbocycles. The summed E-state index contributed by atoms with van der Waals surface area (Å²) in [5.74, 6) is 2.40. The quantitative estimate of drug-likeness (QED) is 0.407. The van der Waals surface area contributed by atoms with Crippen molar-refractivity contribution in [1.29, 1.82) is 5.16 Å². The van der Waals surface area contributed by atoms with Gasteiger partial charge in [0, 0.05) is 7.05 Å². The zero-order chi connectivity index (χ0) is 25.9. The highest BCUT2D eigenvalue weighted by atomic mass is 31.2. The Bertz CT molecular complexity index is 1060. The summed E-state index contributed by atoms with van der Waals surface area (Å²) in [6.07, 6.45) is 15.1. The van der Waals surface area contributed by atoms with Crippen LogP contribution in [0, 0.1) is 39.7 Å². The summed E-state index contributed by atoms with van der Waals surface area (Å²) in [5.41, 5.74) is 5.38. The van der Waals surface area contributed by atoms with Crippen molar-refractivity contribution in [3.05, 3.63) is 77.4 Å². The Kier molecular flexibility index (Phi) is 6.85. The van der Waals surface area contributed by atoms with Crippen LogP contribution in [-0.4, -0.2) is 11.3 Å². The number of fused-ring (bicyclic) bond motifs is 3. The van der Waals surface area contributed by atoms with Crippen molar-refractivity contribution in [2.24, 2.45) is 34.5 Å². The minimum atomic E-state index is -2.07. The Morgan fingerprint density at radius 1 is 0.686 bits per heavy atom. The molecule has 0 radical (unpaired) electrons. The Morgan fingerprint density at radius 3 is 1.51 bits per heavy atom. The molecule has 1 fully saturated rings. The van der Waals surface area contributed by atoms with Gasteiger partial charge >= 0.3 is 0 Å². The highest BCUT2D eigenvalue weighted by Gasteiger charge is 2.51. The number of benzene rings is 1. The topological polar surface area (TPSA) is 23.9 Å². The van der Waals surface area contributed by atoms with E-state index in [1.165, 1.54) is 22.0 Å². The molecule has 4 unspecified atom stereocenters. The van der Waals surface area contributed by atoms with E-state index in [9.17, 15) is 5.16 Å². The van der Waals surface area contributed by atoms with Crippen LogP contribution in [0.4, 0.5) is 0 Å². The van der Waals surface area contributed by atoms with E-state index in [2.05, 4.69) is 130 Å². The van der Waals surface area contributed by atoms with Gasteiger partial charge < -0.3 is 5.16 Å². The van der Waals surface area contributed by atoms with Crippen molar-refractivity contribution in [2.75, 3.05) is 0 Å². The van der Waals surface area contributed by atoms with Gasteiger partial charge in [-0.15, -0.1) is 0 Å². The summed E-state index contributed by atoms with van der Waals surface area (Å²) < 4.78 is 0. The molecule has 0 aliphatic heterocycles. The molecule has 0 spiro atoms. The van der Waals surface area contributed by atoms with E-state index < -0.39 is 7.05 Å². The molecule has 0 aromatic heterocycles. The maximum atomic E-state index is 9.87. The highest BCUT2D eigenvalue weighted by Crippen LogP contribution is 2.61. The predicted octanol–water partition coefficient (Wildman–Crippen LogP) is 9.56. The molecule has 0 amide bonds. The summed E-state index contributed by atoms with van der Waals surface area (Å²) in [6.45, 7) is 23.1. The van der Waals surface area contributed by atoms with E-state index in [-0.39, 0.29) is 10.8 Å². The van der Waals surface area contributed by atoms with E-state index >= 15 is 0 Å². The average Bonchev–Trinajstić information content (AvgIpc) is 3.10. The van der Waals surface area contributed by atoms with Crippen LogP contribution in [0.25, 0.3) is 0 Å². The first-order valence-electron chi connectivity index (χ1n) is 13.7. The third kappa shape index (κ3) is 4.52. The summed E-state index contributed by atoms with van der Waals surface area (Å²) in [5, 5.41) is 11.2.